The number of benzene rings is 2. The first kappa shape index (κ1) is 28.5. The molecular weight excluding hydrogens is 495 g/mol. The predicted octanol–water partition coefficient (Wildman–Crippen LogP) is 3.42. The number of anilines is 1. The highest BCUT2D eigenvalue weighted by Gasteiger charge is 2.33. The van der Waals surface area contributed by atoms with E-state index in [9.17, 15) is 22.4 Å². The van der Waals surface area contributed by atoms with Crippen molar-refractivity contribution in [1.29, 1.82) is 0 Å². The van der Waals surface area contributed by atoms with Gasteiger partial charge in [0.2, 0.25) is 11.8 Å². The molecule has 1 atom stereocenters. The quantitative estimate of drug-likeness (QED) is 0.486. The van der Waals surface area contributed by atoms with Crippen LogP contribution in [0.2, 0.25) is 5.02 Å². The summed E-state index contributed by atoms with van der Waals surface area (Å²) in [4.78, 5) is 28.0. The third-order valence-corrected chi connectivity index (χ3v) is 7.29. The summed E-state index contributed by atoms with van der Waals surface area (Å²) in [6, 6.07) is 10.7. The molecule has 0 saturated heterocycles. The van der Waals surface area contributed by atoms with Crippen molar-refractivity contribution in [2.45, 2.75) is 45.8 Å². The topological polar surface area (TPSA) is 90.0 Å². The Bertz CT molecular complexity index is 1110. The molecule has 0 spiro atoms. The lowest BCUT2D eigenvalue weighted by Crippen LogP contribution is -2.54. The largest absolute Gasteiger partial charge is 0.352 e. The Morgan fingerprint density at radius 3 is 2.09 bits per heavy atom. The van der Waals surface area contributed by atoms with Gasteiger partial charge in [-0.2, -0.15) is 12.7 Å². The van der Waals surface area contributed by atoms with Gasteiger partial charge in [0.05, 0.1) is 5.69 Å². The summed E-state index contributed by atoms with van der Waals surface area (Å²) in [6.07, 6.45) is 0.314. The first-order valence-electron chi connectivity index (χ1n) is 11.2. The lowest BCUT2D eigenvalue weighted by molar-refractivity contribution is -0.140. The van der Waals surface area contributed by atoms with Crippen molar-refractivity contribution >= 4 is 39.3 Å². The molecular formula is C24H32ClFN4O4S. The van der Waals surface area contributed by atoms with Gasteiger partial charge in [0, 0.05) is 31.7 Å². The summed E-state index contributed by atoms with van der Waals surface area (Å²) >= 11 is 5.99. The second-order valence-corrected chi connectivity index (χ2v) is 11.0. The maximum atomic E-state index is 13.6. The summed E-state index contributed by atoms with van der Waals surface area (Å²) in [5.74, 6) is -1.46. The molecule has 0 saturated carbocycles. The van der Waals surface area contributed by atoms with Crippen molar-refractivity contribution in [3.63, 3.8) is 0 Å². The van der Waals surface area contributed by atoms with Gasteiger partial charge in [-0.3, -0.25) is 9.59 Å². The molecule has 2 aromatic carbocycles. The summed E-state index contributed by atoms with van der Waals surface area (Å²) < 4.78 is 41.5. The van der Waals surface area contributed by atoms with Crippen LogP contribution in [0.1, 0.15) is 32.8 Å². The van der Waals surface area contributed by atoms with E-state index in [0.29, 0.717) is 11.4 Å². The summed E-state index contributed by atoms with van der Waals surface area (Å²) in [5, 5.41) is 3.35. The fourth-order valence-electron chi connectivity index (χ4n) is 3.41. The standard InChI is InChI=1S/C24H32ClFN4O4S/c1-6-22(24(32)27-17(2)3)29(15-18-7-9-19(25)10-8-18)23(31)16-30(35(33,34)28(4)5)21-13-11-20(26)12-14-21/h7-14,17,22H,6,15-16H2,1-5H3,(H,27,32). The molecule has 35 heavy (non-hydrogen) atoms. The van der Waals surface area contributed by atoms with Crippen molar-refractivity contribution in [3.05, 3.63) is 64.9 Å². The van der Waals surface area contributed by atoms with Crippen LogP contribution in [0.3, 0.4) is 0 Å². The van der Waals surface area contributed by atoms with Gasteiger partial charge in [0.15, 0.2) is 0 Å². The minimum Gasteiger partial charge on any atom is -0.352 e. The molecule has 0 aliphatic rings. The van der Waals surface area contributed by atoms with Crippen LogP contribution in [0, 0.1) is 5.82 Å². The number of amides is 2. The zero-order valence-electron chi connectivity index (χ0n) is 20.5. The van der Waals surface area contributed by atoms with Gasteiger partial charge in [-0.05, 0) is 62.2 Å². The number of nitrogens with zero attached hydrogens (tertiary/aromatic N) is 3. The molecule has 8 nitrogen and oxygen atoms in total. The Kier molecular flexibility index (Phi) is 10.1. The Morgan fingerprint density at radius 1 is 1.03 bits per heavy atom. The van der Waals surface area contributed by atoms with Crippen LogP contribution in [-0.4, -0.2) is 62.2 Å². The Labute approximate surface area is 211 Å². The normalized spacial score (nSPS) is 12.5. The van der Waals surface area contributed by atoms with Crippen LogP contribution in [0.15, 0.2) is 48.5 Å². The molecule has 192 valence electrons. The van der Waals surface area contributed by atoms with Gasteiger partial charge in [0.1, 0.15) is 18.4 Å². The molecule has 1 N–H and O–H groups in total. The van der Waals surface area contributed by atoms with Gasteiger partial charge < -0.3 is 10.2 Å². The molecule has 0 aliphatic carbocycles. The highest BCUT2D eigenvalue weighted by atomic mass is 35.5. The van der Waals surface area contributed by atoms with Crippen LogP contribution >= 0.6 is 11.6 Å². The lowest BCUT2D eigenvalue weighted by atomic mass is 10.1. The summed E-state index contributed by atoms with van der Waals surface area (Å²) in [5.41, 5.74) is 0.849. The minimum atomic E-state index is -4.10. The number of carbonyl (C=O) groups excluding carboxylic acids is 2. The fourth-order valence-corrected chi connectivity index (χ4v) is 4.59. The molecule has 0 aromatic heterocycles. The molecule has 11 heteroatoms. The number of nitrogens with one attached hydrogen (secondary N) is 1. The molecule has 1 unspecified atom stereocenters. The van der Waals surface area contributed by atoms with Crippen LogP contribution in [-0.2, 0) is 26.3 Å². The van der Waals surface area contributed by atoms with E-state index >= 15 is 0 Å². The van der Waals surface area contributed by atoms with Crippen LogP contribution in [0.25, 0.3) is 0 Å². The van der Waals surface area contributed by atoms with E-state index in [0.717, 1.165) is 26.3 Å². The van der Waals surface area contributed by atoms with Crippen LogP contribution < -0.4 is 9.62 Å². The van der Waals surface area contributed by atoms with E-state index < -0.39 is 34.5 Å². The van der Waals surface area contributed by atoms with Gasteiger partial charge in [-0.25, -0.2) is 8.70 Å². The third-order valence-electron chi connectivity index (χ3n) is 5.22. The van der Waals surface area contributed by atoms with E-state index in [4.69, 9.17) is 11.6 Å². The lowest BCUT2D eigenvalue weighted by Gasteiger charge is -2.34. The molecule has 2 amide bonds. The van der Waals surface area contributed by atoms with E-state index in [2.05, 4.69) is 5.32 Å². The van der Waals surface area contributed by atoms with Crippen LogP contribution in [0.5, 0.6) is 0 Å². The van der Waals surface area contributed by atoms with Gasteiger partial charge in [0.25, 0.3) is 0 Å². The van der Waals surface area contributed by atoms with Crippen molar-refractivity contribution < 1.29 is 22.4 Å². The number of halogens is 2. The fraction of sp³-hybridized carbons (Fsp3) is 0.417. The average molecular weight is 527 g/mol. The van der Waals surface area contributed by atoms with Crippen molar-refractivity contribution in [1.82, 2.24) is 14.5 Å². The van der Waals surface area contributed by atoms with Gasteiger partial charge in [-0.1, -0.05) is 30.7 Å². The first-order valence-corrected chi connectivity index (χ1v) is 12.9. The SMILES string of the molecule is CCC(C(=O)NC(C)C)N(Cc1ccc(Cl)cc1)C(=O)CN(c1ccc(F)cc1)S(=O)(=O)N(C)C. The maximum Gasteiger partial charge on any atom is 0.304 e. The minimum absolute atomic E-state index is 0.0687. The van der Waals surface area contributed by atoms with Gasteiger partial charge >= 0.3 is 10.2 Å². The van der Waals surface area contributed by atoms with Crippen molar-refractivity contribution in [2.24, 2.45) is 0 Å². The van der Waals surface area contributed by atoms with Crippen LogP contribution in [0.4, 0.5) is 10.1 Å². The van der Waals surface area contributed by atoms with Crippen molar-refractivity contribution in [2.75, 3.05) is 24.9 Å². The first-order chi connectivity index (χ1) is 16.4. The average Bonchev–Trinajstić information content (AvgIpc) is 2.78. The van der Waals surface area contributed by atoms with E-state index in [-0.39, 0.29) is 24.2 Å². The second-order valence-electron chi connectivity index (χ2n) is 8.51. The van der Waals surface area contributed by atoms with E-state index in [1.165, 1.54) is 31.1 Å². The Balaban J connectivity index is 2.48. The zero-order valence-corrected chi connectivity index (χ0v) is 22.1. The smallest absolute Gasteiger partial charge is 0.304 e. The monoisotopic (exact) mass is 526 g/mol. The third kappa shape index (κ3) is 7.65. The second kappa shape index (κ2) is 12.3. The number of hydrogen-bond donors (Lipinski definition) is 1. The predicted molar refractivity (Wildman–Crippen MR) is 136 cm³/mol. The van der Waals surface area contributed by atoms with E-state index in [1.807, 2.05) is 13.8 Å². The maximum absolute atomic E-state index is 13.6. The molecule has 0 bridgehead atoms. The van der Waals surface area contributed by atoms with E-state index in [1.54, 1.807) is 31.2 Å². The highest BCUT2D eigenvalue weighted by Crippen LogP contribution is 2.22. The van der Waals surface area contributed by atoms with Crippen molar-refractivity contribution in [3.8, 4) is 0 Å². The van der Waals surface area contributed by atoms with Gasteiger partial charge in [-0.15, -0.1) is 0 Å². The highest BCUT2D eigenvalue weighted by molar-refractivity contribution is 7.90. The number of hydrogen-bond acceptors (Lipinski definition) is 4. The molecule has 2 aromatic rings. The molecule has 0 aliphatic heterocycles. The molecule has 2 rings (SSSR count). The number of rotatable bonds is 11. The molecule has 0 fully saturated rings. The molecule has 0 radical (unpaired) electrons. The summed E-state index contributed by atoms with van der Waals surface area (Å²) in [7, 11) is -1.42. The number of carbonyl (C=O) groups is 2. The Hall–Kier alpha value is -2.69. The zero-order chi connectivity index (χ0) is 26.3. The Morgan fingerprint density at radius 2 is 1.60 bits per heavy atom. The molecule has 0 heterocycles. The summed E-state index contributed by atoms with van der Waals surface area (Å²) in [6.45, 7) is 4.90.